The predicted molar refractivity (Wildman–Crippen MR) is 95.5 cm³/mol. The van der Waals surface area contributed by atoms with Crippen LogP contribution in [-0.2, 0) is 12.1 Å². The predicted octanol–water partition coefficient (Wildman–Crippen LogP) is 3.78. The first-order chi connectivity index (χ1) is 11.9. The molecule has 0 amide bonds. The number of hydrogen-bond acceptors (Lipinski definition) is 2. The normalized spacial score (nSPS) is 12.0. The van der Waals surface area contributed by atoms with Crippen LogP contribution in [0.1, 0.15) is 25.0 Å². The number of benzene rings is 2. The van der Waals surface area contributed by atoms with Crippen molar-refractivity contribution in [3.05, 3.63) is 71.4 Å². The van der Waals surface area contributed by atoms with Crippen molar-refractivity contribution in [1.82, 2.24) is 9.88 Å². The molecule has 0 saturated heterocycles. The average Bonchev–Trinajstić information content (AvgIpc) is 3.00. The van der Waals surface area contributed by atoms with Crippen molar-refractivity contribution >= 4 is 10.9 Å². The Balaban J connectivity index is 2.06. The van der Waals surface area contributed by atoms with Crippen molar-refractivity contribution in [2.75, 3.05) is 13.2 Å². The van der Waals surface area contributed by atoms with Gasteiger partial charge in [0.05, 0.1) is 17.7 Å². The number of aliphatic hydroxyl groups excluding tert-OH is 1. The first-order valence-corrected chi connectivity index (χ1v) is 8.31. The van der Waals surface area contributed by atoms with Crippen LogP contribution in [0.3, 0.4) is 0 Å². The molecule has 0 atom stereocenters. The molecule has 3 nitrogen and oxygen atoms in total. The molecule has 3 rings (SSSR count). The van der Waals surface area contributed by atoms with Crippen LogP contribution in [0, 0.1) is 11.6 Å². The van der Waals surface area contributed by atoms with Gasteiger partial charge in [0.2, 0.25) is 0 Å². The van der Waals surface area contributed by atoms with Crippen molar-refractivity contribution in [3.8, 4) is 0 Å². The zero-order chi connectivity index (χ0) is 18.0. The van der Waals surface area contributed by atoms with E-state index in [0.717, 1.165) is 22.0 Å². The molecule has 0 aliphatic heterocycles. The average molecular weight is 344 g/mol. The summed E-state index contributed by atoms with van der Waals surface area (Å²) in [6.45, 7) is 5.02. The lowest BCUT2D eigenvalue weighted by Gasteiger charge is -2.29. The minimum atomic E-state index is -0.459. The summed E-state index contributed by atoms with van der Waals surface area (Å²) < 4.78 is 29.4. The Morgan fingerprint density at radius 2 is 1.76 bits per heavy atom. The van der Waals surface area contributed by atoms with Gasteiger partial charge < -0.3 is 15.0 Å². The molecule has 0 unspecified atom stereocenters. The van der Waals surface area contributed by atoms with Crippen molar-refractivity contribution in [2.45, 2.75) is 25.9 Å². The number of aromatic nitrogens is 1. The fourth-order valence-electron chi connectivity index (χ4n) is 3.21. The molecule has 5 heteroatoms. The number of halogens is 2. The Hall–Kier alpha value is -2.24. The summed E-state index contributed by atoms with van der Waals surface area (Å²) in [5, 5.41) is 13.0. The van der Waals surface area contributed by atoms with E-state index in [1.807, 2.05) is 30.7 Å². The van der Waals surface area contributed by atoms with Crippen LogP contribution < -0.4 is 5.32 Å². The minimum Gasteiger partial charge on any atom is -0.395 e. The van der Waals surface area contributed by atoms with E-state index in [1.54, 1.807) is 12.1 Å². The summed E-state index contributed by atoms with van der Waals surface area (Å²) in [5.74, 6) is -0.580. The summed E-state index contributed by atoms with van der Waals surface area (Å²) >= 11 is 0. The van der Waals surface area contributed by atoms with E-state index < -0.39 is 5.54 Å². The third kappa shape index (κ3) is 3.43. The first-order valence-electron chi connectivity index (χ1n) is 8.31. The van der Waals surface area contributed by atoms with Crippen LogP contribution in [-0.4, -0.2) is 22.8 Å². The molecule has 0 radical (unpaired) electrons. The first kappa shape index (κ1) is 17.6. The van der Waals surface area contributed by atoms with Gasteiger partial charge in [-0.2, -0.15) is 0 Å². The zero-order valence-electron chi connectivity index (χ0n) is 14.4. The summed E-state index contributed by atoms with van der Waals surface area (Å²) in [6, 6.07) is 11.4. The van der Waals surface area contributed by atoms with Gasteiger partial charge in [0, 0.05) is 24.7 Å². The van der Waals surface area contributed by atoms with Gasteiger partial charge in [0.15, 0.2) is 0 Å². The Labute approximate surface area is 145 Å². The van der Waals surface area contributed by atoms with Crippen molar-refractivity contribution in [1.29, 1.82) is 0 Å². The van der Waals surface area contributed by atoms with E-state index in [9.17, 15) is 8.78 Å². The lowest BCUT2D eigenvalue weighted by Crippen LogP contribution is -2.27. The summed E-state index contributed by atoms with van der Waals surface area (Å²) in [4.78, 5) is 0. The number of nitrogens with zero attached hydrogens (tertiary/aromatic N) is 1. The SMILES string of the molecule is CC(C)(c1ccc(F)cc1)n1ccc2c(CNCCO)cc(F)cc21. The van der Waals surface area contributed by atoms with Crippen molar-refractivity contribution < 1.29 is 13.9 Å². The molecule has 3 aromatic rings. The van der Waals surface area contributed by atoms with E-state index in [0.29, 0.717) is 13.1 Å². The standard InChI is InChI=1S/C20H22F2N2O/c1-20(2,15-3-5-16(21)6-4-15)24-9-7-18-14(13-23-8-10-25)11-17(22)12-19(18)24/h3-7,9,11-12,23,25H,8,10,13H2,1-2H3. The Bertz CT molecular complexity index is 869. The van der Waals surface area contributed by atoms with E-state index in [2.05, 4.69) is 5.32 Å². The number of fused-ring (bicyclic) bond motifs is 1. The van der Waals surface area contributed by atoms with Crippen LogP contribution >= 0.6 is 0 Å². The second-order valence-corrected chi connectivity index (χ2v) is 6.65. The van der Waals surface area contributed by atoms with Gasteiger partial charge in [0.1, 0.15) is 11.6 Å². The maximum atomic E-state index is 14.2. The van der Waals surface area contributed by atoms with Crippen molar-refractivity contribution in [2.24, 2.45) is 0 Å². The molecule has 0 bridgehead atoms. The zero-order valence-corrected chi connectivity index (χ0v) is 14.4. The summed E-state index contributed by atoms with van der Waals surface area (Å²) in [7, 11) is 0. The molecular formula is C20H22F2N2O. The van der Waals surface area contributed by atoms with E-state index in [4.69, 9.17) is 5.11 Å². The Morgan fingerprint density at radius 1 is 1.04 bits per heavy atom. The van der Waals surface area contributed by atoms with Gasteiger partial charge in [-0.05, 0) is 55.3 Å². The molecule has 0 saturated carbocycles. The Kier molecular flexibility index (Phi) is 4.88. The van der Waals surface area contributed by atoms with Crippen LogP contribution in [0.2, 0.25) is 0 Å². The van der Waals surface area contributed by atoms with E-state index >= 15 is 0 Å². The number of nitrogens with one attached hydrogen (secondary N) is 1. The Morgan fingerprint density at radius 3 is 2.44 bits per heavy atom. The molecule has 132 valence electrons. The van der Waals surface area contributed by atoms with Gasteiger partial charge in [0.25, 0.3) is 0 Å². The smallest absolute Gasteiger partial charge is 0.125 e. The monoisotopic (exact) mass is 344 g/mol. The molecule has 0 spiro atoms. The minimum absolute atomic E-state index is 0.0388. The highest BCUT2D eigenvalue weighted by Gasteiger charge is 2.25. The van der Waals surface area contributed by atoms with Gasteiger partial charge >= 0.3 is 0 Å². The molecule has 2 aromatic carbocycles. The van der Waals surface area contributed by atoms with Crippen LogP contribution in [0.25, 0.3) is 10.9 Å². The molecule has 1 heterocycles. The third-order valence-electron chi connectivity index (χ3n) is 4.62. The molecule has 0 aliphatic rings. The highest BCUT2D eigenvalue weighted by atomic mass is 19.1. The fourth-order valence-corrected chi connectivity index (χ4v) is 3.21. The largest absolute Gasteiger partial charge is 0.395 e. The molecule has 0 fully saturated rings. The fraction of sp³-hybridized carbons (Fsp3) is 0.300. The van der Waals surface area contributed by atoms with Gasteiger partial charge in [-0.1, -0.05) is 12.1 Å². The molecular weight excluding hydrogens is 322 g/mol. The van der Waals surface area contributed by atoms with E-state index in [1.165, 1.54) is 24.3 Å². The van der Waals surface area contributed by atoms with Crippen LogP contribution in [0.5, 0.6) is 0 Å². The quantitative estimate of drug-likeness (QED) is 0.668. The van der Waals surface area contributed by atoms with Gasteiger partial charge in [-0.15, -0.1) is 0 Å². The second-order valence-electron chi connectivity index (χ2n) is 6.65. The molecule has 2 N–H and O–H groups in total. The summed E-state index contributed by atoms with van der Waals surface area (Å²) in [6.07, 6.45) is 1.93. The molecule has 25 heavy (non-hydrogen) atoms. The van der Waals surface area contributed by atoms with Crippen LogP contribution in [0.15, 0.2) is 48.7 Å². The lowest BCUT2D eigenvalue weighted by molar-refractivity contribution is 0.292. The molecule has 0 aliphatic carbocycles. The number of hydrogen-bond donors (Lipinski definition) is 2. The molecule has 1 aromatic heterocycles. The maximum absolute atomic E-state index is 14.2. The highest BCUT2D eigenvalue weighted by Crippen LogP contribution is 2.32. The topological polar surface area (TPSA) is 37.2 Å². The van der Waals surface area contributed by atoms with Gasteiger partial charge in [-0.3, -0.25) is 0 Å². The summed E-state index contributed by atoms with van der Waals surface area (Å²) in [5.41, 5.74) is 2.11. The third-order valence-corrected chi connectivity index (χ3v) is 4.62. The van der Waals surface area contributed by atoms with Gasteiger partial charge in [-0.25, -0.2) is 8.78 Å². The lowest BCUT2D eigenvalue weighted by atomic mass is 9.93. The number of aliphatic hydroxyl groups is 1. The maximum Gasteiger partial charge on any atom is 0.125 e. The second kappa shape index (κ2) is 6.94. The van der Waals surface area contributed by atoms with Crippen LogP contribution in [0.4, 0.5) is 8.78 Å². The number of rotatable bonds is 6. The van der Waals surface area contributed by atoms with E-state index in [-0.39, 0.29) is 18.2 Å². The highest BCUT2D eigenvalue weighted by molar-refractivity contribution is 5.84. The van der Waals surface area contributed by atoms with Crippen molar-refractivity contribution in [3.63, 3.8) is 0 Å².